The Bertz CT molecular complexity index is 1630. The lowest BCUT2D eigenvalue weighted by Crippen LogP contribution is -2.33. The van der Waals surface area contributed by atoms with Crippen molar-refractivity contribution in [2.24, 2.45) is 0 Å². The van der Waals surface area contributed by atoms with Crippen LogP contribution in [0.1, 0.15) is 31.9 Å². The average molecular weight is 598 g/mol. The first kappa shape index (κ1) is 30.1. The van der Waals surface area contributed by atoms with Crippen LogP contribution in [0.5, 0.6) is 5.75 Å². The summed E-state index contributed by atoms with van der Waals surface area (Å²) in [5, 5.41) is 0. The number of thioether (sulfide) groups is 1. The molecule has 0 unspecified atom stereocenters. The molecule has 0 radical (unpaired) electrons. The van der Waals surface area contributed by atoms with Crippen molar-refractivity contribution in [2.75, 3.05) is 14.2 Å². The molecule has 0 aliphatic carbocycles. The highest BCUT2D eigenvalue weighted by Gasteiger charge is 2.26. The molecule has 4 aromatic rings. The summed E-state index contributed by atoms with van der Waals surface area (Å²) in [4.78, 5) is 18.7. The van der Waals surface area contributed by atoms with Gasteiger partial charge in [-0.15, -0.1) is 11.8 Å². The summed E-state index contributed by atoms with van der Waals surface area (Å²) in [5.74, 6) is 0.777. The summed E-state index contributed by atoms with van der Waals surface area (Å²) in [7, 11) is -1.04. The number of carbonyl (C=O) groups is 1. The zero-order valence-corrected chi connectivity index (χ0v) is 25.1. The second-order valence-corrected chi connectivity index (χ2v) is 13.2. The van der Waals surface area contributed by atoms with Crippen LogP contribution in [0.25, 0.3) is 11.3 Å². The van der Waals surface area contributed by atoms with Crippen LogP contribution in [0.3, 0.4) is 0 Å². The van der Waals surface area contributed by atoms with E-state index in [1.165, 1.54) is 47.3 Å². The molecule has 2 aromatic carbocycles. The molecular weight excluding hydrogens is 565 g/mol. The maximum Gasteiger partial charge on any atom is 0.410 e. The smallest absolute Gasteiger partial charge is 0.410 e. The number of hydrogen-bond donors (Lipinski definition) is 0. The number of ether oxygens (including phenoxy) is 2. The molecule has 216 valence electrons. The molecule has 11 heteroatoms. The molecule has 0 bridgehead atoms. The Kier molecular flexibility index (Phi) is 9.08. The van der Waals surface area contributed by atoms with Gasteiger partial charge in [-0.05, 0) is 68.3 Å². The Morgan fingerprint density at radius 2 is 1.76 bits per heavy atom. The van der Waals surface area contributed by atoms with Gasteiger partial charge in [0.2, 0.25) is 0 Å². The van der Waals surface area contributed by atoms with Gasteiger partial charge in [0.05, 0.1) is 19.3 Å². The summed E-state index contributed by atoms with van der Waals surface area (Å²) in [6.07, 6.45) is 3.70. The summed E-state index contributed by atoms with van der Waals surface area (Å²) in [6.45, 7) is 5.33. The van der Waals surface area contributed by atoms with Gasteiger partial charge in [0.25, 0.3) is 10.0 Å². The topological polar surface area (TPSA) is 90.7 Å². The molecule has 0 saturated heterocycles. The number of benzene rings is 2. The molecule has 8 nitrogen and oxygen atoms in total. The molecule has 0 N–H and O–H groups in total. The fraction of sp³-hybridized carbons (Fsp3) is 0.267. The number of carbonyl (C=O) groups excluding carboxylic acids is 1. The SMILES string of the molecule is COc1ccc(CSc2cncc(S(=O)(=O)n3cc(CN(C)C(=O)OC(C)(C)C)cc3-c3ccccc3F)c2)cc1. The van der Waals surface area contributed by atoms with Crippen LogP contribution in [-0.2, 0) is 27.1 Å². The van der Waals surface area contributed by atoms with E-state index in [0.717, 1.165) is 15.3 Å². The summed E-state index contributed by atoms with van der Waals surface area (Å²) in [6, 6.07) is 16.7. The van der Waals surface area contributed by atoms with Gasteiger partial charge in [0.15, 0.2) is 0 Å². The maximum atomic E-state index is 14.9. The highest BCUT2D eigenvalue weighted by molar-refractivity contribution is 7.98. The third kappa shape index (κ3) is 7.47. The van der Waals surface area contributed by atoms with Crippen LogP contribution in [0.15, 0.2) is 89.0 Å². The van der Waals surface area contributed by atoms with E-state index in [9.17, 15) is 17.6 Å². The molecule has 41 heavy (non-hydrogen) atoms. The van der Waals surface area contributed by atoms with E-state index in [1.54, 1.807) is 59.3 Å². The van der Waals surface area contributed by atoms with Gasteiger partial charge < -0.3 is 14.4 Å². The number of amides is 1. The molecule has 1 amide bonds. The average Bonchev–Trinajstić information content (AvgIpc) is 3.36. The minimum atomic E-state index is -4.19. The number of nitrogens with zero attached hydrogens (tertiary/aromatic N) is 3. The van der Waals surface area contributed by atoms with E-state index < -0.39 is 27.5 Å². The van der Waals surface area contributed by atoms with E-state index in [4.69, 9.17) is 9.47 Å². The van der Waals surface area contributed by atoms with Crippen LogP contribution in [0.4, 0.5) is 9.18 Å². The molecule has 0 aliphatic rings. The van der Waals surface area contributed by atoms with Gasteiger partial charge >= 0.3 is 6.09 Å². The monoisotopic (exact) mass is 597 g/mol. The van der Waals surface area contributed by atoms with Crippen molar-refractivity contribution in [3.05, 3.63) is 96.2 Å². The minimum absolute atomic E-state index is 0.0440. The van der Waals surface area contributed by atoms with E-state index in [1.807, 2.05) is 24.3 Å². The van der Waals surface area contributed by atoms with Crippen molar-refractivity contribution in [3.63, 3.8) is 0 Å². The molecule has 0 spiro atoms. The zero-order chi connectivity index (χ0) is 29.8. The van der Waals surface area contributed by atoms with E-state index in [0.29, 0.717) is 16.2 Å². The largest absolute Gasteiger partial charge is 0.497 e. The molecule has 0 fully saturated rings. The van der Waals surface area contributed by atoms with Crippen LogP contribution in [0, 0.1) is 5.82 Å². The number of methoxy groups -OCH3 is 1. The van der Waals surface area contributed by atoms with E-state index in [2.05, 4.69) is 4.98 Å². The van der Waals surface area contributed by atoms with E-state index in [-0.39, 0.29) is 22.7 Å². The lowest BCUT2D eigenvalue weighted by atomic mass is 10.1. The van der Waals surface area contributed by atoms with Crippen LogP contribution < -0.4 is 4.74 Å². The van der Waals surface area contributed by atoms with Crippen molar-refractivity contribution in [3.8, 4) is 17.0 Å². The van der Waals surface area contributed by atoms with Gasteiger partial charge in [-0.25, -0.2) is 21.6 Å². The van der Waals surface area contributed by atoms with Gasteiger partial charge in [0.1, 0.15) is 22.1 Å². The Hall–Kier alpha value is -3.83. The zero-order valence-electron chi connectivity index (χ0n) is 23.5. The predicted molar refractivity (Wildman–Crippen MR) is 157 cm³/mol. The van der Waals surface area contributed by atoms with Gasteiger partial charge in [-0.1, -0.05) is 24.3 Å². The lowest BCUT2D eigenvalue weighted by molar-refractivity contribution is 0.0285. The standard InChI is InChI=1S/C30H32FN3O5S2/c1-30(2,3)39-29(35)33(4)18-22-14-28(26-8-6-7-9-27(26)31)34(19-22)41(36,37)25-15-24(16-32-17-25)40-20-21-10-12-23(38-5)13-11-21/h6-17,19H,18,20H2,1-5H3. The lowest BCUT2D eigenvalue weighted by Gasteiger charge is -2.24. The summed E-state index contributed by atoms with van der Waals surface area (Å²) in [5.41, 5.74) is 1.07. The number of pyridine rings is 1. The van der Waals surface area contributed by atoms with Crippen molar-refractivity contribution in [2.45, 2.75) is 48.5 Å². The van der Waals surface area contributed by atoms with Gasteiger partial charge in [0, 0.05) is 41.8 Å². The quantitative estimate of drug-likeness (QED) is 0.201. The third-order valence-electron chi connectivity index (χ3n) is 5.93. The fourth-order valence-electron chi connectivity index (χ4n) is 3.95. The first-order valence-electron chi connectivity index (χ1n) is 12.7. The molecule has 0 atom stereocenters. The second-order valence-electron chi connectivity index (χ2n) is 10.3. The number of rotatable bonds is 9. The van der Waals surface area contributed by atoms with Crippen molar-refractivity contribution in [1.82, 2.24) is 13.9 Å². The summed E-state index contributed by atoms with van der Waals surface area (Å²) >= 11 is 1.44. The van der Waals surface area contributed by atoms with E-state index >= 15 is 0 Å². The second kappa shape index (κ2) is 12.4. The number of hydrogen-bond acceptors (Lipinski definition) is 7. The Balaban J connectivity index is 1.66. The predicted octanol–water partition coefficient (Wildman–Crippen LogP) is 6.59. The molecule has 0 saturated carbocycles. The Morgan fingerprint density at radius 3 is 2.41 bits per heavy atom. The highest BCUT2D eigenvalue weighted by atomic mass is 32.2. The molecule has 2 heterocycles. The maximum absolute atomic E-state index is 14.9. The van der Waals surface area contributed by atoms with Crippen LogP contribution in [-0.4, -0.2) is 48.1 Å². The van der Waals surface area contributed by atoms with Crippen LogP contribution >= 0.6 is 11.8 Å². The van der Waals surface area contributed by atoms with Crippen molar-refractivity contribution in [1.29, 1.82) is 0 Å². The first-order chi connectivity index (χ1) is 19.4. The minimum Gasteiger partial charge on any atom is -0.497 e. The van der Waals surface area contributed by atoms with Gasteiger partial charge in [-0.2, -0.15) is 0 Å². The molecule has 2 aromatic heterocycles. The van der Waals surface area contributed by atoms with Crippen molar-refractivity contribution < 1.29 is 27.1 Å². The number of aromatic nitrogens is 2. The van der Waals surface area contributed by atoms with Crippen LogP contribution in [0.2, 0.25) is 0 Å². The van der Waals surface area contributed by atoms with Gasteiger partial charge in [-0.3, -0.25) is 4.98 Å². The fourth-order valence-corrected chi connectivity index (χ4v) is 6.27. The normalized spacial score (nSPS) is 11.8. The highest BCUT2D eigenvalue weighted by Crippen LogP contribution is 2.31. The molecule has 4 rings (SSSR count). The Labute approximate surface area is 244 Å². The molecular formula is C30H32FN3O5S2. The first-order valence-corrected chi connectivity index (χ1v) is 15.2. The third-order valence-corrected chi connectivity index (χ3v) is 8.60. The Morgan fingerprint density at radius 1 is 1.05 bits per heavy atom. The summed E-state index contributed by atoms with van der Waals surface area (Å²) < 4.78 is 54.4. The molecule has 0 aliphatic heterocycles. The van der Waals surface area contributed by atoms with Crippen molar-refractivity contribution >= 4 is 27.9 Å². The number of halogens is 1.